The summed E-state index contributed by atoms with van der Waals surface area (Å²) in [6, 6.07) is 79.5. The van der Waals surface area contributed by atoms with Crippen LogP contribution in [0.5, 0.6) is 0 Å². The molecule has 0 aliphatic carbocycles. The Morgan fingerprint density at radius 3 is 1.07 bits per heavy atom. The molecule has 2 aromatic heterocycles. The highest BCUT2D eigenvalue weighted by molar-refractivity contribution is 6.19. The lowest BCUT2D eigenvalue weighted by Gasteiger charge is -2.15. The largest absolute Gasteiger partial charge is 0.309 e. The lowest BCUT2D eigenvalue weighted by atomic mass is 9.94. The molecule has 2 heteroatoms. The van der Waals surface area contributed by atoms with Gasteiger partial charge in [0.05, 0.1) is 22.1 Å². The van der Waals surface area contributed by atoms with Crippen molar-refractivity contribution in [1.29, 1.82) is 0 Å². The zero-order valence-electron chi connectivity index (χ0n) is 30.7. The van der Waals surface area contributed by atoms with E-state index < -0.39 is 0 Å². The molecule has 0 unspecified atom stereocenters. The fourth-order valence-corrected chi connectivity index (χ4v) is 8.66. The molecule has 11 aromatic rings. The molecule has 0 spiro atoms. The molecule has 0 saturated heterocycles. The Balaban J connectivity index is 1.20. The van der Waals surface area contributed by atoms with Crippen molar-refractivity contribution in [3.63, 3.8) is 0 Å². The van der Waals surface area contributed by atoms with E-state index in [0.717, 1.165) is 11.4 Å². The van der Waals surface area contributed by atoms with E-state index in [1.807, 2.05) is 0 Å². The summed E-state index contributed by atoms with van der Waals surface area (Å²) in [6.45, 7) is 0. The fraction of sp³-hybridized carbons (Fsp3) is 0. The third-order valence-electron chi connectivity index (χ3n) is 11.3. The highest BCUT2D eigenvalue weighted by atomic mass is 15.0. The second kappa shape index (κ2) is 13.2. The summed E-state index contributed by atoms with van der Waals surface area (Å²) >= 11 is 0. The normalized spacial score (nSPS) is 11.6. The average molecular weight is 713 g/mol. The Kier molecular flexibility index (Phi) is 7.53. The molecule has 0 radical (unpaired) electrons. The summed E-state index contributed by atoms with van der Waals surface area (Å²) in [4.78, 5) is 0. The molecule has 56 heavy (non-hydrogen) atoms. The van der Waals surface area contributed by atoms with E-state index in [4.69, 9.17) is 0 Å². The van der Waals surface area contributed by atoms with Crippen molar-refractivity contribution >= 4 is 43.6 Å². The van der Waals surface area contributed by atoms with Crippen molar-refractivity contribution in [3.8, 4) is 55.9 Å². The number of benzene rings is 9. The number of rotatable bonds is 6. The average Bonchev–Trinajstić information content (AvgIpc) is 3.78. The van der Waals surface area contributed by atoms with Gasteiger partial charge in [0, 0.05) is 32.9 Å². The minimum Gasteiger partial charge on any atom is -0.309 e. The van der Waals surface area contributed by atoms with Gasteiger partial charge in [-0.25, -0.2) is 0 Å². The van der Waals surface area contributed by atoms with Crippen LogP contribution in [0.15, 0.2) is 218 Å². The minimum atomic E-state index is 1.13. The number of nitrogens with zero attached hydrogens (tertiary/aromatic N) is 2. The van der Waals surface area contributed by atoms with E-state index in [1.165, 1.54) is 88.1 Å². The van der Waals surface area contributed by atoms with Gasteiger partial charge in [-0.1, -0.05) is 152 Å². The molecule has 9 aromatic carbocycles. The Bertz CT molecular complexity index is 3120. The van der Waals surface area contributed by atoms with Gasteiger partial charge in [-0.2, -0.15) is 0 Å². The third-order valence-corrected chi connectivity index (χ3v) is 11.3. The molecule has 11 rings (SSSR count). The first-order chi connectivity index (χ1) is 27.8. The van der Waals surface area contributed by atoms with Crippen molar-refractivity contribution in [2.24, 2.45) is 0 Å². The standard InChI is InChI=1S/C54H36N2/c1-4-16-37(17-5-1)39-20-14-22-41(30-39)43-32-44(42-23-15-21-40(31-42)38-18-6-2-7-19-38)34-46(33-43)56-52-29-13-11-27-48(52)50-35-49-47-26-10-12-28-51(47)55(53(49)36-54(50)56)45-24-8-3-9-25-45/h1-36H. The summed E-state index contributed by atoms with van der Waals surface area (Å²) < 4.78 is 4.89. The summed E-state index contributed by atoms with van der Waals surface area (Å²) in [5, 5.41) is 4.99. The van der Waals surface area contributed by atoms with Crippen LogP contribution in [0.3, 0.4) is 0 Å². The maximum Gasteiger partial charge on any atom is 0.0562 e. The molecule has 0 bridgehead atoms. The van der Waals surface area contributed by atoms with Gasteiger partial charge in [-0.15, -0.1) is 0 Å². The number of aromatic nitrogens is 2. The van der Waals surface area contributed by atoms with Crippen LogP contribution < -0.4 is 0 Å². The van der Waals surface area contributed by atoms with Crippen LogP contribution in [0.2, 0.25) is 0 Å². The summed E-state index contributed by atoms with van der Waals surface area (Å²) in [6.07, 6.45) is 0. The maximum absolute atomic E-state index is 2.48. The molecule has 2 nitrogen and oxygen atoms in total. The van der Waals surface area contributed by atoms with Gasteiger partial charge in [-0.3, -0.25) is 0 Å². The van der Waals surface area contributed by atoms with Crippen LogP contribution >= 0.6 is 0 Å². The molecule has 0 atom stereocenters. The number of para-hydroxylation sites is 3. The van der Waals surface area contributed by atoms with Crippen LogP contribution in [0.4, 0.5) is 0 Å². The predicted molar refractivity (Wildman–Crippen MR) is 237 cm³/mol. The number of hydrogen-bond donors (Lipinski definition) is 0. The topological polar surface area (TPSA) is 9.86 Å². The molecule has 0 aliphatic heterocycles. The maximum atomic E-state index is 2.48. The summed E-state index contributed by atoms with van der Waals surface area (Å²) in [5.74, 6) is 0. The second-order valence-electron chi connectivity index (χ2n) is 14.6. The molecule has 0 amide bonds. The molecule has 0 fully saturated rings. The van der Waals surface area contributed by atoms with Gasteiger partial charge in [0.15, 0.2) is 0 Å². The van der Waals surface area contributed by atoms with Crippen LogP contribution in [-0.4, -0.2) is 9.13 Å². The Labute approximate surface area is 325 Å². The number of fused-ring (bicyclic) bond motifs is 6. The first-order valence-electron chi connectivity index (χ1n) is 19.3. The van der Waals surface area contributed by atoms with Gasteiger partial charge < -0.3 is 9.13 Å². The van der Waals surface area contributed by atoms with Crippen molar-refractivity contribution in [2.75, 3.05) is 0 Å². The summed E-state index contributed by atoms with van der Waals surface area (Å²) in [7, 11) is 0. The van der Waals surface area contributed by atoms with Gasteiger partial charge in [-0.05, 0) is 111 Å². The zero-order chi connectivity index (χ0) is 37.0. The number of hydrogen-bond acceptors (Lipinski definition) is 0. The van der Waals surface area contributed by atoms with Crippen LogP contribution in [0.1, 0.15) is 0 Å². The van der Waals surface area contributed by atoms with Crippen LogP contribution in [0.25, 0.3) is 99.5 Å². The second-order valence-corrected chi connectivity index (χ2v) is 14.6. The van der Waals surface area contributed by atoms with Gasteiger partial charge in [0.25, 0.3) is 0 Å². The van der Waals surface area contributed by atoms with E-state index in [2.05, 4.69) is 228 Å². The quantitative estimate of drug-likeness (QED) is 0.162. The van der Waals surface area contributed by atoms with E-state index in [9.17, 15) is 0 Å². The third kappa shape index (κ3) is 5.34. The molecule has 262 valence electrons. The molecule has 0 aliphatic rings. The van der Waals surface area contributed by atoms with Gasteiger partial charge >= 0.3 is 0 Å². The van der Waals surface area contributed by atoms with Gasteiger partial charge in [0.1, 0.15) is 0 Å². The Hall–Kier alpha value is -7.42. The zero-order valence-corrected chi connectivity index (χ0v) is 30.7. The van der Waals surface area contributed by atoms with Crippen molar-refractivity contribution < 1.29 is 0 Å². The first-order valence-corrected chi connectivity index (χ1v) is 19.3. The SMILES string of the molecule is c1ccc(-c2cccc(-c3cc(-c4cccc(-c5ccccc5)c4)cc(-n4c5ccccc5c5cc6c7ccccc7n(-c7ccccc7)c6cc54)c3)c2)cc1. The molecule has 0 saturated carbocycles. The summed E-state index contributed by atoms with van der Waals surface area (Å²) in [5.41, 5.74) is 16.6. The van der Waals surface area contributed by atoms with Crippen molar-refractivity contribution in [1.82, 2.24) is 9.13 Å². The minimum absolute atomic E-state index is 1.13. The lowest BCUT2D eigenvalue weighted by molar-refractivity contribution is 1.16. The Morgan fingerprint density at radius 1 is 0.196 bits per heavy atom. The highest BCUT2D eigenvalue weighted by Crippen LogP contribution is 2.41. The fourth-order valence-electron chi connectivity index (χ4n) is 8.66. The Morgan fingerprint density at radius 2 is 0.571 bits per heavy atom. The van der Waals surface area contributed by atoms with Crippen molar-refractivity contribution in [2.45, 2.75) is 0 Å². The van der Waals surface area contributed by atoms with Crippen molar-refractivity contribution in [3.05, 3.63) is 218 Å². The lowest BCUT2D eigenvalue weighted by Crippen LogP contribution is -1.97. The monoisotopic (exact) mass is 712 g/mol. The van der Waals surface area contributed by atoms with Crippen LogP contribution in [-0.2, 0) is 0 Å². The molecule has 0 N–H and O–H groups in total. The first kappa shape index (κ1) is 32.0. The van der Waals surface area contributed by atoms with E-state index >= 15 is 0 Å². The smallest absolute Gasteiger partial charge is 0.0562 e. The molecular weight excluding hydrogens is 677 g/mol. The van der Waals surface area contributed by atoms with Gasteiger partial charge in [0.2, 0.25) is 0 Å². The molecular formula is C54H36N2. The predicted octanol–water partition coefficient (Wildman–Crippen LogP) is 14.5. The highest BCUT2D eigenvalue weighted by Gasteiger charge is 2.19. The van der Waals surface area contributed by atoms with E-state index in [0.29, 0.717) is 0 Å². The van der Waals surface area contributed by atoms with Crippen LogP contribution in [0, 0.1) is 0 Å². The van der Waals surface area contributed by atoms with E-state index in [1.54, 1.807) is 0 Å². The van der Waals surface area contributed by atoms with E-state index in [-0.39, 0.29) is 0 Å². The molecule has 2 heterocycles.